The SMILES string of the molecule is CCOC(C(C)C)C(Cc1ccn(C2CCCC2)n1)NC. The zero-order valence-corrected chi connectivity index (χ0v) is 14.0. The zero-order chi connectivity index (χ0) is 15.2. The summed E-state index contributed by atoms with van der Waals surface area (Å²) < 4.78 is 8.12. The Hall–Kier alpha value is -0.870. The fraction of sp³-hybridized carbons (Fsp3) is 0.824. The summed E-state index contributed by atoms with van der Waals surface area (Å²) in [5.74, 6) is 0.499. The summed E-state index contributed by atoms with van der Waals surface area (Å²) in [6, 6.07) is 3.11. The first-order valence-corrected chi connectivity index (χ1v) is 8.48. The van der Waals surface area contributed by atoms with Gasteiger partial charge >= 0.3 is 0 Å². The molecule has 1 saturated carbocycles. The topological polar surface area (TPSA) is 39.1 Å². The van der Waals surface area contributed by atoms with Gasteiger partial charge in [-0.15, -0.1) is 0 Å². The van der Waals surface area contributed by atoms with E-state index >= 15 is 0 Å². The van der Waals surface area contributed by atoms with Crippen molar-refractivity contribution in [2.24, 2.45) is 5.92 Å². The summed E-state index contributed by atoms with van der Waals surface area (Å²) in [4.78, 5) is 0. The average molecular weight is 293 g/mol. The smallest absolute Gasteiger partial charge is 0.0754 e. The molecule has 0 aromatic carbocycles. The van der Waals surface area contributed by atoms with Crippen molar-refractivity contribution in [2.45, 2.75) is 71.1 Å². The lowest BCUT2D eigenvalue weighted by Crippen LogP contribution is -2.44. The Morgan fingerprint density at radius 1 is 1.38 bits per heavy atom. The normalized spacial score (nSPS) is 19.3. The van der Waals surface area contributed by atoms with E-state index in [-0.39, 0.29) is 6.10 Å². The Morgan fingerprint density at radius 2 is 2.10 bits per heavy atom. The maximum Gasteiger partial charge on any atom is 0.0754 e. The number of hydrogen-bond donors (Lipinski definition) is 1. The molecule has 120 valence electrons. The van der Waals surface area contributed by atoms with Crippen molar-refractivity contribution in [1.82, 2.24) is 15.1 Å². The van der Waals surface area contributed by atoms with Crippen molar-refractivity contribution in [1.29, 1.82) is 0 Å². The van der Waals surface area contributed by atoms with Crippen LogP contribution in [0.3, 0.4) is 0 Å². The lowest BCUT2D eigenvalue weighted by molar-refractivity contribution is 0.00511. The second-order valence-corrected chi connectivity index (χ2v) is 6.49. The highest BCUT2D eigenvalue weighted by Gasteiger charge is 2.25. The van der Waals surface area contributed by atoms with Crippen molar-refractivity contribution in [3.05, 3.63) is 18.0 Å². The van der Waals surface area contributed by atoms with E-state index in [0.29, 0.717) is 18.0 Å². The van der Waals surface area contributed by atoms with Gasteiger partial charge in [0.15, 0.2) is 0 Å². The van der Waals surface area contributed by atoms with E-state index in [9.17, 15) is 0 Å². The van der Waals surface area contributed by atoms with Crippen molar-refractivity contribution in [2.75, 3.05) is 13.7 Å². The van der Waals surface area contributed by atoms with Gasteiger partial charge in [0.1, 0.15) is 0 Å². The van der Waals surface area contributed by atoms with Gasteiger partial charge in [0.2, 0.25) is 0 Å². The fourth-order valence-corrected chi connectivity index (χ4v) is 3.43. The van der Waals surface area contributed by atoms with E-state index in [0.717, 1.165) is 13.0 Å². The van der Waals surface area contributed by atoms with Crippen LogP contribution in [-0.2, 0) is 11.2 Å². The quantitative estimate of drug-likeness (QED) is 0.800. The van der Waals surface area contributed by atoms with E-state index < -0.39 is 0 Å². The van der Waals surface area contributed by atoms with Gasteiger partial charge < -0.3 is 10.1 Å². The summed E-state index contributed by atoms with van der Waals surface area (Å²) in [7, 11) is 2.02. The molecule has 21 heavy (non-hydrogen) atoms. The standard InChI is InChI=1S/C17H31N3O/c1-5-21-17(13(2)3)16(18-4)12-14-10-11-20(19-14)15-8-6-7-9-15/h10-11,13,15-18H,5-9,12H2,1-4H3. The third kappa shape index (κ3) is 4.30. The highest BCUT2D eigenvalue weighted by atomic mass is 16.5. The number of aromatic nitrogens is 2. The summed E-state index contributed by atoms with van der Waals surface area (Å²) in [5, 5.41) is 8.22. The zero-order valence-electron chi connectivity index (χ0n) is 14.0. The largest absolute Gasteiger partial charge is 0.377 e. The number of nitrogens with one attached hydrogen (secondary N) is 1. The van der Waals surface area contributed by atoms with Crippen LogP contribution >= 0.6 is 0 Å². The fourth-order valence-electron chi connectivity index (χ4n) is 3.43. The van der Waals surface area contributed by atoms with Gasteiger partial charge in [-0.1, -0.05) is 26.7 Å². The molecular formula is C17H31N3O. The molecule has 1 aliphatic rings. The predicted octanol–water partition coefficient (Wildman–Crippen LogP) is 3.19. The molecule has 0 spiro atoms. The Bertz CT molecular complexity index is 410. The van der Waals surface area contributed by atoms with Crippen molar-refractivity contribution in [3.63, 3.8) is 0 Å². The predicted molar refractivity (Wildman–Crippen MR) is 86.5 cm³/mol. The van der Waals surface area contributed by atoms with E-state index in [1.807, 2.05) is 7.05 Å². The van der Waals surface area contributed by atoms with Gasteiger partial charge in [0.25, 0.3) is 0 Å². The molecule has 1 aromatic heterocycles. The number of likely N-dealkylation sites (N-methyl/N-ethyl adjacent to an activating group) is 1. The molecule has 2 rings (SSSR count). The van der Waals surface area contributed by atoms with Gasteiger partial charge in [0, 0.05) is 25.3 Å². The number of hydrogen-bond acceptors (Lipinski definition) is 3. The molecule has 0 bridgehead atoms. The molecule has 0 amide bonds. The molecule has 2 unspecified atom stereocenters. The first-order chi connectivity index (χ1) is 10.2. The van der Waals surface area contributed by atoms with E-state index in [2.05, 4.69) is 43.0 Å². The van der Waals surface area contributed by atoms with E-state index in [1.54, 1.807) is 0 Å². The van der Waals surface area contributed by atoms with Crippen LogP contribution in [0.2, 0.25) is 0 Å². The average Bonchev–Trinajstić information content (AvgIpc) is 3.12. The minimum absolute atomic E-state index is 0.233. The molecule has 0 aliphatic heterocycles. The molecule has 1 aromatic rings. The van der Waals surface area contributed by atoms with Gasteiger partial charge in [-0.2, -0.15) is 5.10 Å². The Labute approximate surface area is 129 Å². The van der Waals surface area contributed by atoms with E-state index in [1.165, 1.54) is 31.4 Å². The molecule has 1 aliphatic carbocycles. The second kappa shape index (κ2) is 7.95. The number of ether oxygens (including phenoxy) is 1. The van der Waals surface area contributed by atoms with Crippen molar-refractivity contribution < 1.29 is 4.74 Å². The molecule has 0 saturated heterocycles. The van der Waals surface area contributed by atoms with Crippen LogP contribution in [0.1, 0.15) is 58.2 Å². The summed E-state index contributed by atoms with van der Waals surface area (Å²) >= 11 is 0. The lowest BCUT2D eigenvalue weighted by atomic mass is 9.96. The third-order valence-corrected chi connectivity index (χ3v) is 4.57. The van der Waals surface area contributed by atoms with Gasteiger partial charge in [-0.05, 0) is 38.8 Å². The molecule has 2 atom stereocenters. The number of rotatable bonds is 8. The lowest BCUT2D eigenvalue weighted by Gasteiger charge is -2.29. The molecule has 1 N–H and O–H groups in total. The first-order valence-electron chi connectivity index (χ1n) is 8.48. The second-order valence-electron chi connectivity index (χ2n) is 6.49. The summed E-state index contributed by atoms with van der Waals surface area (Å²) in [5.41, 5.74) is 1.17. The minimum atomic E-state index is 0.233. The van der Waals surface area contributed by atoms with Gasteiger partial charge in [0.05, 0.1) is 17.8 Å². The summed E-state index contributed by atoms with van der Waals surface area (Å²) in [6.45, 7) is 7.28. The van der Waals surface area contributed by atoms with E-state index in [4.69, 9.17) is 9.84 Å². The maximum atomic E-state index is 5.94. The van der Waals surface area contributed by atoms with Crippen LogP contribution in [-0.4, -0.2) is 35.6 Å². The molecule has 1 fully saturated rings. The highest BCUT2D eigenvalue weighted by Crippen LogP contribution is 2.28. The third-order valence-electron chi connectivity index (χ3n) is 4.57. The Kier molecular flexibility index (Phi) is 6.24. The van der Waals surface area contributed by atoms with Crippen LogP contribution in [0.5, 0.6) is 0 Å². The minimum Gasteiger partial charge on any atom is -0.377 e. The Morgan fingerprint density at radius 3 is 2.67 bits per heavy atom. The molecule has 1 heterocycles. The van der Waals surface area contributed by atoms with Crippen LogP contribution in [0.4, 0.5) is 0 Å². The van der Waals surface area contributed by atoms with Crippen molar-refractivity contribution >= 4 is 0 Å². The molecular weight excluding hydrogens is 262 g/mol. The molecule has 0 radical (unpaired) electrons. The maximum absolute atomic E-state index is 5.94. The van der Waals surface area contributed by atoms with Crippen LogP contribution in [0.15, 0.2) is 12.3 Å². The van der Waals surface area contributed by atoms with Crippen LogP contribution < -0.4 is 5.32 Å². The van der Waals surface area contributed by atoms with Gasteiger partial charge in [-0.25, -0.2) is 0 Å². The Balaban J connectivity index is 2.00. The summed E-state index contributed by atoms with van der Waals surface area (Å²) in [6.07, 6.45) is 8.57. The van der Waals surface area contributed by atoms with Crippen molar-refractivity contribution in [3.8, 4) is 0 Å². The molecule has 4 nitrogen and oxygen atoms in total. The van der Waals surface area contributed by atoms with Crippen LogP contribution in [0.25, 0.3) is 0 Å². The highest BCUT2D eigenvalue weighted by molar-refractivity contribution is 5.04. The molecule has 4 heteroatoms. The van der Waals surface area contributed by atoms with Crippen LogP contribution in [0, 0.1) is 5.92 Å². The monoisotopic (exact) mass is 293 g/mol. The van der Waals surface area contributed by atoms with Gasteiger partial charge in [-0.3, -0.25) is 4.68 Å². The number of nitrogens with zero attached hydrogens (tertiary/aromatic N) is 2. The first kappa shape index (κ1) is 16.5.